The fourth-order valence-electron chi connectivity index (χ4n) is 2.85. The van der Waals surface area contributed by atoms with Crippen LogP contribution in [0.15, 0.2) is 36.4 Å². The average Bonchev–Trinajstić information content (AvgIpc) is 2.62. The summed E-state index contributed by atoms with van der Waals surface area (Å²) in [5, 5.41) is -1.59. The maximum absolute atomic E-state index is 14.6. The molecule has 0 bridgehead atoms. The number of carbonyl (C=O) groups excluding carboxylic acids is 1. The van der Waals surface area contributed by atoms with Crippen LogP contribution in [0.1, 0.15) is 51.9 Å². The van der Waals surface area contributed by atoms with Crippen molar-refractivity contribution >= 4 is 34.8 Å². The Morgan fingerprint density at radius 2 is 1.50 bits per heavy atom. The van der Waals surface area contributed by atoms with E-state index in [-0.39, 0.29) is 12.1 Å². The van der Waals surface area contributed by atoms with Crippen LogP contribution in [-0.4, -0.2) is 12.0 Å². The van der Waals surface area contributed by atoms with Gasteiger partial charge in [-0.25, -0.2) is 13.2 Å². The van der Waals surface area contributed by atoms with Crippen molar-refractivity contribution in [2.45, 2.75) is 31.6 Å². The summed E-state index contributed by atoms with van der Waals surface area (Å²) in [7, 11) is 0. The fourth-order valence-corrected chi connectivity index (χ4v) is 3.52. The number of Topliss-reactive ketones (excluding diaryl/α,β-unsaturated/α-hetero) is 1. The van der Waals surface area contributed by atoms with E-state index in [4.69, 9.17) is 23.2 Å². The van der Waals surface area contributed by atoms with Crippen molar-refractivity contribution in [2.75, 3.05) is 0 Å². The van der Waals surface area contributed by atoms with Crippen molar-refractivity contribution in [1.29, 1.82) is 0 Å². The molecule has 0 aliphatic heterocycles. The molecule has 1 atom stereocenters. The van der Waals surface area contributed by atoms with Crippen molar-refractivity contribution in [3.8, 4) is 0 Å². The number of ketones is 1. The Morgan fingerprint density at radius 3 is 1.91 bits per heavy atom. The molecule has 32 heavy (non-hydrogen) atoms. The van der Waals surface area contributed by atoms with Gasteiger partial charge in [0, 0.05) is 11.1 Å². The van der Waals surface area contributed by atoms with Crippen molar-refractivity contribution in [1.82, 2.24) is 0 Å². The minimum Gasteiger partial charge on any atom is -0.294 e. The summed E-state index contributed by atoms with van der Waals surface area (Å²) in [6.07, 6.45) is -13.5. The minimum absolute atomic E-state index is 0.0348. The zero-order valence-electron chi connectivity index (χ0n) is 15.7. The van der Waals surface area contributed by atoms with Gasteiger partial charge in [0.05, 0.1) is 21.2 Å². The molecule has 2 aromatic carbocycles. The summed E-state index contributed by atoms with van der Waals surface area (Å²) in [6, 6.07) is 2.61. The lowest BCUT2D eigenvalue weighted by atomic mass is 9.94. The molecule has 1 nitrogen and oxygen atoms in total. The van der Waals surface area contributed by atoms with Crippen LogP contribution >= 0.6 is 23.2 Å². The summed E-state index contributed by atoms with van der Waals surface area (Å²) < 4.78 is 121. The molecular formula is C20H11Cl2F9O. The fraction of sp³-hybridized carbons (Fsp3) is 0.250. The third-order valence-corrected chi connectivity index (χ3v) is 4.95. The van der Waals surface area contributed by atoms with E-state index in [1.54, 1.807) is 0 Å². The lowest BCUT2D eigenvalue weighted by Crippen LogP contribution is -2.19. The number of rotatable bonds is 5. The SMILES string of the molecule is CC(=O)c1ccc(/C(F)=C/C(c2cc(Cl)c(C(F)F)c(Cl)c2)C(F)(F)F)cc1C(F)(F)F. The second kappa shape index (κ2) is 9.35. The van der Waals surface area contributed by atoms with Gasteiger partial charge < -0.3 is 0 Å². The summed E-state index contributed by atoms with van der Waals surface area (Å²) in [6.45, 7) is 0.840. The van der Waals surface area contributed by atoms with E-state index in [1.165, 1.54) is 0 Å². The van der Waals surface area contributed by atoms with Gasteiger partial charge >= 0.3 is 12.4 Å². The highest BCUT2D eigenvalue weighted by Gasteiger charge is 2.41. The van der Waals surface area contributed by atoms with Gasteiger partial charge in [-0.05, 0) is 36.8 Å². The first kappa shape index (κ1) is 26.1. The van der Waals surface area contributed by atoms with Gasteiger partial charge in [-0.3, -0.25) is 4.79 Å². The van der Waals surface area contributed by atoms with Crippen molar-refractivity contribution in [2.24, 2.45) is 0 Å². The second-order valence-corrected chi connectivity index (χ2v) is 7.36. The molecule has 0 fully saturated rings. The van der Waals surface area contributed by atoms with Crippen LogP contribution in [0.2, 0.25) is 10.0 Å². The Kier molecular flexibility index (Phi) is 7.61. The molecule has 174 valence electrons. The molecule has 0 radical (unpaired) electrons. The number of hydrogen-bond donors (Lipinski definition) is 0. The van der Waals surface area contributed by atoms with E-state index >= 15 is 0 Å². The summed E-state index contributed by atoms with van der Waals surface area (Å²) in [4.78, 5) is 11.4. The van der Waals surface area contributed by atoms with E-state index < -0.39 is 74.2 Å². The van der Waals surface area contributed by atoms with Gasteiger partial charge in [0.25, 0.3) is 6.43 Å². The highest BCUT2D eigenvalue weighted by atomic mass is 35.5. The Morgan fingerprint density at radius 1 is 0.969 bits per heavy atom. The average molecular weight is 509 g/mol. The van der Waals surface area contributed by atoms with Crippen LogP contribution in [-0.2, 0) is 6.18 Å². The molecule has 0 spiro atoms. The van der Waals surface area contributed by atoms with Gasteiger partial charge in [0.1, 0.15) is 11.7 Å². The molecule has 2 aromatic rings. The first-order valence-electron chi connectivity index (χ1n) is 8.47. The Bertz CT molecular complexity index is 1030. The summed E-state index contributed by atoms with van der Waals surface area (Å²) >= 11 is 11.2. The zero-order chi connectivity index (χ0) is 24.6. The summed E-state index contributed by atoms with van der Waals surface area (Å²) in [5.74, 6) is -5.45. The topological polar surface area (TPSA) is 17.1 Å². The molecule has 0 aliphatic carbocycles. The largest absolute Gasteiger partial charge is 0.417 e. The van der Waals surface area contributed by atoms with Gasteiger partial charge in [-0.15, -0.1) is 0 Å². The Balaban J connectivity index is 2.63. The van der Waals surface area contributed by atoms with Crippen molar-refractivity contribution < 1.29 is 44.3 Å². The molecule has 0 saturated carbocycles. The Labute approximate surface area is 185 Å². The van der Waals surface area contributed by atoms with Crippen LogP contribution in [0, 0.1) is 0 Å². The third-order valence-electron chi connectivity index (χ3n) is 4.32. The van der Waals surface area contributed by atoms with Crippen LogP contribution < -0.4 is 0 Å². The van der Waals surface area contributed by atoms with E-state index in [1.807, 2.05) is 0 Å². The lowest BCUT2D eigenvalue weighted by Gasteiger charge is -2.20. The van der Waals surface area contributed by atoms with E-state index in [0.717, 1.165) is 6.92 Å². The number of hydrogen-bond acceptors (Lipinski definition) is 1. The molecule has 0 aliphatic rings. The van der Waals surface area contributed by atoms with Crippen LogP contribution in [0.5, 0.6) is 0 Å². The van der Waals surface area contributed by atoms with E-state index in [0.29, 0.717) is 24.3 Å². The maximum Gasteiger partial charge on any atom is 0.417 e. The molecule has 2 rings (SSSR count). The second-order valence-electron chi connectivity index (χ2n) is 6.55. The van der Waals surface area contributed by atoms with Gasteiger partial charge in [-0.2, -0.15) is 26.3 Å². The number of carbonyl (C=O) groups is 1. The lowest BCUT2D eigenvalue weighted by molar-refractivity contribution is -0.140. The molecule has 0 heterocycles. The normalized spacial score (nSPS) is 14.1. The standard InChI is InChI=1S/C20H11Cl2F9O/c1-8(32)11-3-2-9(4-13(11)20(29,30)31)16(23)7-12(19(26,27)28)10-5-14(21)17(18(24)25)15(22)6-10/h2-7,12,18H,1H3/b16-7-. The number of allylic oxidation sites excluding steroid dienone is 1. The quantitative estimate of drug-likeness (QED) is 0.291. The highest BCUT2D eigenvalue weighted by molar-refractivity contribution is 6.36. The smallest absolute Gasteiger partial charge is 0.294 e. The summed E-state index contributed by atoms with van der Waals surface area (Å²) in [5.41, 5.74) is -4.91. The molecule has 0 N–H and O–H groups in total. The predicted molar refractivity (Wildman–Crippen MR) is 101 cm³/mol. The molecule has 1 unspecified atom stereocenters. The molecule has 12 heteroatoms. The van der Waals surface area contributed by atoms with Crippen LogP contribution in [0.25, 0.3) is 5.83 Å². The van der Waals surface area contributed by atoms with E-state index in [2.05, 4.69) is 0 Å². The molecule has 0 saturated heterocycles. The van der Waals surface area contributed by atoms with E-state index in [9.17, 15) is 44.3 Å². The molecule has 0 aromatic heterocycles. The first-order chi connectivity index (χ1) is 14.5. The monoisotopic (exact) mass is 508 g/mol. The highest BCUT2D eigenvalue weighted by Crippen LogP contribution is 2.43. The number of halogens is 11. The van der Waals surface area contributed by atoms with Crippen LogP contribution in [0.4, 0.5) is 39.5 Å². The maximum atomic E-state index is 14.6. The van der Waals surface area contributed by atoms with Gasteiger partial charge in [-0.1, -0.05) is 35.3 Å². The number of benzene rings is 2. The molecule has 0 amide bonds. The predicted octanol–water partition coefficient (Wildman–Crippen LogP) is 8.81. The first-order valence-corrected chi connectivity index (χ1v) is 9.23. The van der Waals surface area contributed by atoms with Crippen LogP contribution in [0.3, 0.4) is 0 Å². The number of alkyl halides is 8. The zero-order valence-corrected chi connectivity index (χ0v) is 17.2. The van der Waals surface area contributed by atoms with Gasteiger partial charge in [0.2, 0.25) is 0 Å². The molecular weight excluding hydrogens is 498 g/mol. The van der Waals surface area contributed by atoms with Gasteiger partial charge in [0.15, 0.2) is 5.78 Å². The Hall–Kier alpha value is -2.20. The third kappa shape index (κ3) is 5.78. The minimum atomic E-state index is -5.18. The van der Waals surface area contributed by atoms with Crippen molar-refractivity contribution in [3.05, 3.63) is 74.3 Å². The van der Waals surface area contributed by atoms with Crippen molar-refractivity contribution in [3.63, 3.8) is 0 Å².